The van der Waals surface area contributed by atoms with E-state index in [9.17, 15) is 9.59 Å². The monoisotopic (exact) mass is 412 g/mol. The molecule has 1 aromatic heterocycles. The lowest BCUT2D eigenvalue weighted by molar-refractivity contribution is -0.116. The van der Waals surface area contributed by atoms with Crippen molar-refractivity contribution in [1.82, 2.24) is 14.9 Å². The largest absolute Gasteiger partial charge is 0.328 e. The predicted octanol–water partition coefficient (Wildman–Crippen LogP) is 3.91. The smallest absolute Gasteiger partial charge is 0.274 e. The van der Waals surface area contributed by atoms with E-state index in [1.54, 1.807) is 25.3 Å². The molecule has 2 rings (SSSR count). The molecule has 0 atom stereocenters. The summed E-state index contributed by atoms with van der Waals surface area (Å²) in [5.74, 6) is -0.756. The van der Waals surface area contributed by atoms with Gasteiger partial charge >= 0.3 is 0 Å². The van der Waals surface area contributed by atoms with Crippen LogP contribution in [0.2, 0.25) is 10.0 Å². The SMILES string of the molecule is CCN(CC(=O)Nc1cc(Cl)ccc1C)C(=O)c1nc(SC)ncc1Cl. The van der Waals surface area contributed by atoms with Crippen molar-refractivity contribution in [3.05, 3.63) is 45.7 Å². The highest BCUT2D eigenvalue weighted by Crippen LogP contribution is 2.21. The van der Waals surface area contributed by atoms with Gasteiger partial charge in [-0.3, -0.25) is 9.59 Å². The number of likely N-dealkylation sites (N-methyl/N-ethyl adjacent to an activating group) is 1. The van der Waals surface area contributed by atoms with Crippen molar-refractivity contribution >= 4 is 52.5 Å². The number of hydrogen-bond donors (Lipinski definition) is 1. The van der Waals surface area contributed by atoms with Crippen LogP contribution in [-0.4, -0.2) is 46.0 Å². The van der Waals surface area contributed by atoms with Gasteiger partial charge in [0.2, 0.25) is 5.91 Å². The van der Waals surface area contributed by atoms with Crippen LogP contribution in [0.3, 0.4) is 0 Å². The molecule has 0 unspecified atom stereocenters. The molecule has 0 aliphatic rings. The zero-order valence-electron chi connectivity index (χ0n) is 14.5. The predicted molar refractivity (Wildman–Crippen MR) is 105 cm³/mol. The first-order chi connectivity index (χ1) is 12.3. The molecule has 0 saturated carbocycles. The van der Waals surface area contributed by atoms with Crippen molar-refractivity contribution in [1.29, 1.82) is 0 Å². The Bertz CT molecular complexity index is 832. The Morgan fingerprint density at radius 1 is 1.31 bits per heavy atom. The number of carbonyl (C=O) groups excluding carboxylic acids is 2. The molecule has 0 bridgehead atoms. The standard InChI is InChI=1S/C17H18Cl2N4O2S/c1-4-23(16(25)15-12(19)8-20-17(22-15)26-3)9-14(24)21-13-7-11(18)6-5-10(13)2/h5-8H,4,9H2,1-3H3,(H,21,24). The number of aryl methyl sites for hydroxylation is 1. The Kier molecular flexibility index (Phi) is 7.25. The van der Waals surface area contributed by atoms with E-state index in [0.29, 0.717) is 22.4 Å². The topological polar surface area (TPSA) is 75.2 Å². The van der Waals surface area contributed by atoms with E-state index in [0.717, 1.165) is 5.56 Å². The second kappa shape index (κ2) is 9.21. The molecular weight excluding hydrogens is 395 g/mol. The Hall–Kier alpha value is -1.83. The van der Waals surface area contributed by atoms with Crippen LogP contribution in [0, 0.1) is 6.92 Å². The zero-order valence-corrected chi connectivity index (χ0v) is 16.9. The van der Waals surface area contributed by atoms with Crippen molar-refractivity contribution in [2.45, 2.75) is 19.0 Å². The fourth-order valence-electron chi connectivity index (χ4n) is 2.17. The normalized spacial score (nSPS) is 10.5. The van der Waals surface area contributed by atoms with E-state index in [2.05, 4.69) is 15.3 Å². The summed E-state index contributed by atoms with van der Waals surface area (Å²) in [6, 6.07) is 5.22. The van der Waals surface area contributed by atoms with Gasteiger partial charge in [0.1, 0.15) is 6.54 Å². The summed E-state index contributed by atoms with van der Waals surface area (Å²) in [6.07, 6.45) is 3.19. The summed E-state index contributed by atoms with van der Waals surface area (Å²) in [7, 11) is 0. The Balaban J connectivity index is 2.14. The number of hydrogen-bond acceptors (Lipinski definition) is 5. The molecule has 2 amide bonds. The maximum Gasteiger partial charge on any atom is 0.274 e. The molecule has 9 heteroatoms. The molecule has 0 radical (unpaired) electrons. The summed E-state index contributed by atoms with van der Waals surface area (Å²) in [4.78, 5) is 34.6. The molecule has 2 aromatic rings. The minimum Gasteiger partial charge on any atom is -0.328 e. The lowest BCUT2D eigenvalue weighted by Crippen LogP contribution is -2.38. The molecule has 138 valence electrons. The van der Waals surface area contributed by atoms with E-state index < -0.39 is 5.91 Å². The van der Waals surface area contributed by atoms with Crippen molar-refractivity contribution in [2.24, 2.45) is 0 Å². The average molecular weight is 413 g/mol. The van der Waals surface area contributed by atoms with Crippen LogP contribution in [0.5, 0.6) is 0 Å². The molecule has 1 heterocycles. The fraction of sp³-hybridized carbons (Fsp3) is 0.294. The van der Waals surface area contributed by atoms with Crippen LogP contribution in [-0.2, 0) is 4.79 Å². The van der Waals surface area contributed by atoms with Crippen molar-refractivity contribution in [2.75, 3.05) is 24.7 Å². The summed E-state index contributed by atoms with van der Waals surface area (Å²) in [5.41, 5.74) is 1.57. The number of anilines is 1. The number of halogens is 2. The third-order valence-electron chi connectivity index (χ3n) is 3.58. The second-order valence-corrected chi connectivity index (χ2v) is 7.00. The van der Waals surface area contributed by atoms with Gasteiger partial charge in [0.05, 0.1) is 11.2 Å². The zero-order chi connectivity index (χ0) is 19.3. The average Bonchev–Trinajstić information content (AvgIpc) is 2.62. The highest BCUT2D eigenvalue weighted by atomic mass is 35.5. The molecule has 0 fully saturated rings. The molecule has 6 nitrogen and oxygen atoms in total. The quantitative estimate of drug-likeness (QED) is 0.574. The van der Waals surface area contributed by atoms with Gasteiger partial charge < -0.3 is 10.2 Å². The number of aromatic nitrogens is 2. The van der Waals surface area contributed by atoms with Gasteiger partial charge in [0, 0.05) is 17.3 Å². The maximum atomic E-state index is 12.7. The van der Waals surface area contributed by atoms with Crippen molar-refractivity contribution in [3.63, 3.8) is 0 Å². The highest BCUT2D eigenvalue weighted by Gasteiger charge is 2.22. The van der Waals surface area contributed by atoms with E-state index in [4.69, 9.17) is 23.2 Å². The van der Waals surface area contributed by atoms with Gasteiger partial charge in [0.25, 0.3) is 5.91 Å². The lowest BCUT2D eigenvalue weighted by Gasteiger charge is -2.21. The Morgan fingerprint density at radius 2 is 2.04 bits per heavy atom. The van der Waals surface area contributed by atoms with E-state index in [1.165, 1.54) is 22.9 Å². The lowest BCUT2D eigenvalue weighted by atomic mass is 10.2. The first-order valence-electron chi connectivity index (χ1n) is 7.77. The Morgan fingerprint density at radius 3 is 2.69 bits per heavy atom. The van der Waals surface area contributed by atoms with Crippen LogP contribution in [0.1, 0.15) is 23.0 Å². The molecule has 0 spiro atoms. The van der Waals surface area contributed by atoms with Crippen LogP contribution >= 0.6 is 35.0 Å². The molecule has 1 aromatic carbocycles. The van der Waals surface area contributed by atoms with Gasteiger partial charge in [0.15, 0.2) is 10.9 Å². The molecule has 1 N–H and O–H groups in total. The minimum absolute atomic E-state index is 0.0830. The number of benzene rings is 1. The van der Waals surface area contributed by atoms with E-state index in [-0.39, 0.29) is 23.2 Å². The molecular formula is C17H18Cl2N4O2S. The minimum atomic E-state index is -0.423. The molecule has 26 heavy (non-hydrogen) atoms. The number of nitrogens with one attached hydrogen (secondary N) is 1. The van der Waals surface area contributed by atoms with Crippen LogP contribution in [0.25, 0.3) is 0 Å². The molecule has 0 saturated heterocycles. The van der Waals surface area contributed by atoms with Gasteiger partial charge in [-0.25, -0.2) is 9.97 Å². The summed E-state index contributed by atoms with van der Waals surface area (Å²) in [6.45, 7) is 3.84. The number of rotatable bonds is 6. The first-order valence-corrected chi connectivity index (χ1v) is 9.75. The van der Waals surface area contributed by atoms with Crippen LogP contribution in [0.15, 0.2) is 29.6 Å². The number of nitrogens with zero attached hydrogens (tertiary/aromatic N) is 3. The summed E-state index contributed by atoms with van der Waals surface area (Å²) >= 11 is 13.3. The van der Waals surface area contributed by atoms with Crippen molar-refractivity contribution < 1.29 is 9.59 Å². The third kappa shape index (κ3) is 5.09. The van der Waals surface area contributed by atoms with E-state index >= 15 is 0 Å². The fourth-order valence-corrected chi connectivity index (χ4v) is 2.85. The second-order valence-electron chi connectivity index (χ2n) is 5.38. The third-order valence-corrected chi connectivity index (χ3v) is 4.66. The Labute approximate surface area is 166 Å². The molecule has 0 aliphatic heterocycles. The molecule has 0 aliphatic carbocycles. The number of carbonyl (C=O) groups is 2. The number of thioether (sulfide) groups is 1. The maximum absolute atomic E-state index is 12.7. The van der Waals surface area contributed by atoms with Crippen LogP contribution < -0.4 is 5.32 Å². The van der Waals surface area contributed by atoms with Crippen LogP contribution in [0.4, 0.5) is 5.69 Å². The first kappa shape index (κ1) is 20.5. The summed E-state index contributed by atoms with van der Waals surface area (Å²) < 4.78 is 0. The van der Waals surface area contributed by atoms with Gasteiger partial charge in [-0.2, -0.15) is 0 Å². The summed E-state index contributed by atoms with van der Waals surface area (Å²) in [5, 5.41) is 3.88. The van der Waals surface area contributed by atoms with E-state index in [1.807, 2.05) is 13.0 Å². The van der Waals surface area contributed by atoms with Gasteiger partial charge in [-0.05, 0) is 37.8 Å². The van der Waals surface area contributed by atoms with Gasteiger partial charge in [-0.1, -0.05) is 41.0 Å². The highest BCUT2D eigenvalue weighted by molar-refractivity contribution is 7.98. The number of amides is 2. The van der Waals surface area contributed by atoms with Gasteiger partial charge in [-0.15, -0.1) is 0 Å². The van der Waals surface area contributed by atoms with Crippen molar-refractivity contribution in [3.8, 4) is 0 Å².